The Morgan fingerprint density at radius 2 is 1.00 bits per heavy atom. The van der Waals surface area contributed by atoms with E-state index in [0.29, 0.717) is 0 Å². The summed E-state index contributed by atoms with van der Waals surface area (Å²) in [6.45, 7) is 4.68. The molecule has 8 rings (SSSR count). The first-order chi connectivity index (χ1) is 20.1. The van der Waals surface area contributed by atoms with E-state index in [1.807, 2.05) is 0 Å². The molecule has 196 valence electrons. The highest BCUT2D eigenvalue weighted by Crippen LogP contribution is 2.52. The van der Waals surface area contributed by atoms with Crippen LogP contribution in [0.4, 0.5) is 17.1 Å². The van der Waals surface area contributed by atoms with Crippen molar-refractivity contribution in [1.82, 2.24) is 0 Å². The van der Waals surface area contributed by atoms with E-state index in [1.165, 1.54) is 61.4 Å². The first kappa shape index (κ1) is 24.0. The number of para-hydroxylation sites is 1. The Morgan fingerprint density at radius 3 is 1.78 bits per heavy atom. The van der Waals surface area contributed by atoms with Gasteiger partial charge >= 0.3 is 0 Å². The molecule has 41 heavy (non-hydrogen) atoms. The zero-order chi connectivity index (χ0) is 27.6. The largest absolute Gasteiger partial charge is 0.310 e. The maximum Gasteiger partial charge on any atom is 0.0468 e. The summed E-state index contributed by atoms with van der Waals surface area (Å²) in [5, 5.41) is 0. The summed E-state index contributed by atoms with van der Waals surface area (Å²) in [6, 6.07) is 53.5. The predicted molar refractivity (Wildman–Crippen MR) is 172 cm³/mol. The lowest BCUT2D eigenvalue weighted by Gasteiger charge is -2.28. The van der Waals surface area contributed by atoms with E-state index in [1.54, 1.807) is 0 Å². The zero-order valence-electron chi connectivity index (χ0n) is 23.4. The van der Waals surface area contributed by atoms with Gasteiger partial charge in [-0.05, 0) is 86.5 Å². The molecule has 0 aliphatic heterocycles. The summed E-state index contributed by atoms with van der Waals surface area (Å²) in [4.78, 5) is 2.41. The van der Waals surface area contributed by atoms with Gasteiger partial charge in [0, 0.05) is 28.4 Å². The average molecular weight is 526 g/mol. The summed E-state index contributed by atoms with van der Waals surface area (Å²) in [6.07, 6.45) is 0. The fraction of sp³-hybridized carbons (Fsp3) is 0.100. The molecule has 0 N–H and O–H groups in total. The SMILES string of the molecule is CC1(C)c2ccccc2-c2cc(N(c3ccccc3)c3ccc4c(c3)-c3ccccc3C4c3ccccc3)ccc21. The minimum atomic E-state index is -0.00817. The van der Waals surface area contributed by atoms with E-state index >= 15 is 0 Å². The molecule has 1 nitrogen and oxygen atoms in total. The molecule has 0 bridgehead atoms. The molecule has 0 radical (unpaired) electrons. The molecular weight excluding hydrogens is 494 g/mol. The van der Waals surface area contributed by atoms with Crippen molar-refractivity contribution in [1.29, 1.82) is 0 Å². The number of hydrogen-bond donors (Lipinski definition) is 0. The van der Waals surface area contributed by atoms with Crippen LogP contribution in [0.3, 0.4) is 0 Å². The Balaban J connectivity index is 1.31. The van der Waals surface area contributed by atoms with Gasteiger partial charge in [-0.1, -0.05) is 123 Å². The molecule has 6 aromatic rings. The second kappa shape index (κ2) is 9.08. The molecule has 0 fully saturated rings. The Hall–Kier alpha value is -4.88. The average Bonchev–Trinajstić information content (AvgIpc) is 3.47. The van der Waals surface area contributed by atoms with Crippen molar-refractivity contribution in [2.24, 2.45) is 0 Å². The van der Waals surface area contributed by atoms with Crippen LogP contribution in [-0.4, -0.2) is 0 Å². The Labute approximate surface area is 242 Å². The number of rotatable bonds is 4. The van der Waals surface area contributed by atoms with Crippen LogP contribution in [0.25, 0.3) is 22.3 Å². The molecule has 2 aliphatic rings. The predicted octanol–water partition coefficient (Wildman–Crippen LogP) is 10.6. The van der Waals surface area contributed by atoms with Gasteiger partial charge in [-0.15, -0.1) is 0 Å². The van der Waals surface area contributed by atoms with E-state index in [-0.39, 0.29) is 11.3 Å². The van der Waals surface area contributed by atoms with Gasteiger partial charge in [-0.3, -0.25) is 0 Å². The Morgan fingerprint density at radius 1 is 0.439 bits per heavy atom. The van der Waals surface area contributed by atoms with Crippen molar-refractivity contribution in [2.45, 2.75) is 25.2 Å². The quantitative estimate of drug-likeness (QED) is 0.221. The van der Waals surface area contributed by atoms with Crippen LogP contribution >= 0.6 is 0 Å². The second-order valence-corrected chi connectivity index (χ2v) is 11.8. The monoisotopic (exact) mass is 525 g/mol. The van der Waals surface area contributed by atoms with Crippen LogP contribution in [0.2, 0.25) is 0 Å². The lowest BCUT2D eigenvalue weighted by Crippen LogP contribution is -2.15. The lowest BCUT2D eigenvalue weighted by molar-refractivity contribution is 0.660. The Kier molecular flexibility index (Phi) is 5.30. The lowest BCUT2D eigenvalue weighted by atomic mass is 9.82. The molecule has 0 amide bonds. The highest BCUT2D eigenvalue weighted by molar-refractivity contribution is 5.89. The number of nitrogens with zero attached hydrogens (tertiary/aromatic N) is 1. The van der Waals surface area contributed by atoms with Crippen LogP contribution in [0.1, 0.15) is 47.6 Å². The highest BCUT2D eigenvalue weighted by atomic mass is 15.1. The van der Waals surface area contributed by atoms with Gasteiger partial charge in [-0.2, -0.15) is 0 Å². The van der Waals surface area contributed by atoms with Crippen molar-refractivity contribution >= 4 is 17.1 Å². The highest BCUT2D eigenvalue weighted by Gasteiger charge is 2.36. The molecule has 6 aromatic carbocycles. The summed E-state index contributed by atoms with van der Waals surface area (Å²) in [5.41, 5.74) is 15.7. The maximum absolute atomic E-state index is 2.41. The number of anilines is 3. The fourth-order valence-corrected chi connectivity index (χ4v) is 7.21. The van der Waals surface area contributed by atoms with Crippen molar-refractivity contribution in [3.05, 3.63) is 173 Å². The fourth-order valence-electron chi connectivity index (χ4n) is 7.21. The third kappa shape index (κ3) is 3.62. The van der Waals surface area contributed by atoms with Gasteiger partial charge in [0.1, 0.15) is 0 Å². The van der Waals surface area contributed by atoms with E-state index in [0.717, 1.165) is 5.69 Å². The van der Waals surface area contributed by atoms with Crippen molar-refractivity contribution < 1.29 is 0 Å². The molecule has 0 heterocycles. The summed E-state index contributed by atoms with van der Waals surface area (Å²) in [7, 11) is 0. The molecule has 2 aliphatic carbocycles. The zero-order valence-corrected chi connectivity index (χ0v) is 23.4. The van der Waals surface area contributed by atoms with Crippen molar-refractivity contribution in [3.63, 3.8) is 0 Å². The standard InChI is InChI=1S/C40H31N/c1-40(2)37-20-12-11-18-32(37)36-26-30(22-24-38(36)40)41(28-15-7-4-8-16-28)29-21-23-34-35(25-29)31-17-9-10-19-33(31)39(34)27-13-5-3-6-14-27/h3-26,39H,1-2H3. The van der Waals surface area contributed by atoms with Gasteiger partial charge in [0.25, 0.3) is 0 Å². The molecule has 0 saturated carbocycles. The van der Waals surface area contributed by atoms with Crippen molar-refractivity contribution in [3.8, 4) is 22.3 Å². The van der Waals surface area contributed by atoms with Gasteiger partial charge in [0.15, 0.2) is 0 Å². The van der Waals surface area contributed by atoms with Crippen LogP contribution in [-0.2, 0) is 5.41 Å². The van der Waals surface area contributed by atoms with E-state index in [4.69, 9.17) is 0 Å². The smallest absolute Gasteiger partial charge is 0.0468 e. The van der Waals surface area contributed by atoms with Crippen molar-refractivity contribution in [2.75, 3.05) is 4.90 Å². The maximum atomic E-state index is 2.41. The number of hydrogen-bond acceptors (Lipinski definition) is 1. The number of benzene rings is 6. The molecule has 1 unspecified atom stereocenters. The van der Waals surface area contributed by atoms with Gasteiger partial charge in [0.05, 0.1) is 0 Å². The van der Waals surface area contributed by atoms with E-state index < -0.39 is 0 Å². The molecule has 1 atom stereocenters. The minimum Gasteiger partial charge on any atom is -0.310 e. The molecule has 1 heteroatoms. The summed E-state index contributed by atoms with van der Waals surface area (Å²) < 4.78 is 0. The molecule has 0 saturated heterocycles. The van der Waals surface area contributed by atoms with E-state index in [9.17, 15) is 0 Å². The van der Waals surface area contributed by atoms with Crippen LogP contribution in [0.15, 0.2) is 146 Å². The second-order valence-electron chi connectivity index (χ2n) is 11.8. The van der Waals surface area contributed by atoms with Gasteiger partial charge < -0.3 is 4.90 Å². The van der Waals surface area contributed by atoms with Gasteiger partial charge in [0.2, 0.25) is 0 Å². The van der Waals surface area contributed by atoms with Gasteiger partial charge in [-0.25, -0.2) is 0 Å². The molecule has 0 aromatic heterocycles. The molecular formula is C40H31N. The third-order valence-electron chi connectivity index (χ3n) is 9.14. The van der Waals surface area contributed by atoms with Crippen LogP contribution in [0, 0.1) is 0 Å². The summed E-state index contributed by atoms with van der Waals surface area (Å²) in [5.74, 6) is 0.250. The summed E-state index contributed by atoms with van der Waals surface area (Å²) >= 11 is 0. The van der Waals surface area contributed by atoms with Crippen LogP contribution < -0.4 is 4.90 Å². The topological polar surface area (TPSA) is 3.24 Å². The first-order valence-electron chi connectivity index (χ1n) is 14.5. The van der Waals surface area contributed by atoms with E-state index in [2.05, 4.69) is 164 Å². The first-order valence-corrected chi connectivity index (χ1v) is 14.5. The minimum absolute atomic E-state index is 0.00817. The van der Waals surface area contributed by atoms with Crippen LogP contribution in [0.5, 0.6) is 0 Å². The number of fused-ring (bicyclic) bond motifs is 6. The third-order valence-corrected chi connectivity index (χ3v) is 9.14. The molecule has 0 spiro atoms. The normalized spacial score (nSPS) is 15.5. The Bertz CT molecular complexity index is 1920.